The first-order chi connectivity index (χ1) is 8.00. The van der Waals surface area contributed by atoms with Crippen molar-refractivity contribution >= 4 is 34.8 Å². The predicted molar refractivity (Wildman–Crippen MR) is 70.7 cm³/mol. The van der Waals surface area contributed by atoms with Crippen LogP contribution in [0.4, 0.5) is 5.69 Å². The van der Waals surface area contributed by atoms with Gasteiger partial charge in [0.25, 0.3) is 0 Å². The summed E-state index contributed by atoms with van der Waals surface area (Å²) in [5, 5.41) is 1.06. The number of carbonyl (C=O) groups is 1. The molecule has 0 saturated heterocycles. The molecule has 1 amide bonds. The molecule has 0 fully saturated rings. The number of benzene rings is 1. The Hall–Kier alpha value is -0.770. The quantitative estimate of drug-likeness (QED) is 0.789. The number of carbonyl (C=O) groups excluding carboxylic acids is 1. The summed E-state index contributed by atoms with van der Waals surface area (Å²) in [5.41, 5.74) is 7.67. The number of nitrogens with two attached hydrogens (primary N) is 1. The number of rotatable bonds is 0. The lowest BCUT2D eigenvalue weighted by Crippen LogP contribution is -2.29. The fourth-order valence-electron chi connectivity index (χ4n) is 2.22. The topological polar surface area (TPSA) is 46.3 Å². The van der Waals surface area contributed by atoms with Gasteiger partial charge in [-0.2, -0.15) is 0 Å². The monoisotopic (exact) mass is 272 g/mol. The van der Waals surface area contributed by atoms with Gasteiger partial charge in [0.05, 0.1) is 5.69 Å². The van der Waals surface area contributed by atoms with Crippen molar-refractivity contribution in [2.75, 3.05) is 11.4 Å². The van der Waals surface area contributed by atoms with Gasteiger partial charge in [0.15, 0.2) is 0 Å². The van der Waals surface area contributed by atoms with E-state index in [4.69, 9.17) is 28.9 Å². The largest absolute Gasteiger partial charge is 0.324 e. The van der Waals surface area contributed by atoms with Crippen molar-refractivity contribution in [3.05, 3.63) is 27.7 Å². The van der Waals surface area contributed by atoms with Gasteiger partial charge in [0.1, 0.15) is 0 Å². The molecular weight excluding hydrogens is 259 g/mol. The van der Waals surface area contributed by atoms with E-state index in [1.165, 1.54) is 6.92 Å². The van der Waals surface area contributed by atoms with Crippen molar-refractivity contribution in [2.45, 2.75) is 25.8 Å². The van der Waals surface area contributed by atoms with Crippen LogP contribution in [0.1, 0.15) is 31.4 Å². The molecule has 1 aliphatic heterocycles. The van der Waals surface area contributed by atoms with Crippen molar-refractivity contribution in [3.8, 4) is 0 Å². The molecule has 0 aliphatic carbocycles. The molecule has 1 atom stereocenters. The van der Waals surface area contributed by atoms with Crippen molar-refractivity contribution in [1.29, 1.82) is 0 Å². The Bertz CT molecular complexity index is 462. The second kappa shape index (κ2) is 4.84. The zero-order valence-electron chi connectivity index (χ0n) is 9.54. The Kier molecular flexibility index (Phi) is 3.61. The Balaban J connectivity index is 2.62. The third-order valence-corrected chi connectivity index (χ3v) is 3.54. The van der Waals surface area contributed by atoms with E-state index >= 15 is 0 Å². The summed E-state index contributed by atoms with van der Waals surface area (Å²) in [6, 6.07) is 3.29. The lowest BCUT2D eigenvalue weighted by Gasteiger charge is -2.23. The summed E-state index contributed by atoms with van der Waals surface area (Å²) in [7, 11) is 0. The van der Waals surface area contributed by atoms with Crippen LogP contribution in [0.5, 0.6) is 0 Å². The summed E-state index contributed by atoms with van der Waals surface area (Å²) >= 11 is 12.2. The van der Waals surface area contributed by atoms with Gasteiger partial charge >= 0.3 is 0 Å². The van der Waals surface area contributed by atoms with E-state index in [2.05, 4.69) is 0 Å². The van der Waals surface area contributed by atoms with Crippen LogP contribution in [0.3, 0.4) is 0 Å². The van der Waals surface area contributed by atoms with Crippen LogP contribution in [-0.2, 0) is 4.79 Å². The number of hydrogen-bond donors (Lipinski definition) is 1. The predicted octanol–water partition coefficient (Wildman–Crippen LogP) is 3.14. The van der Waals surface area contributed by atoms with Crippen molar-refractivity contribution < 1.29 is 4.79 Å². The first-order valence-corrected chi connectivity index (χ1v) is 6.29. The Labute approximate surface area is 110 Å². The number of fused-ring (bicyclic) bond motifs is 1. The highest BCUT2D eigenvalue weighted by atomic mass is 35.5. The maximum Gasteiger partial charge on any atom is 0.223 e. The van der Waals surface area contributed by atoms with Crippen LogP contribution in [0.25, 0.3) is 0 Å². The Morgan fingerprint density at radius 1 is 1.47 bits per heavy atom. The zero-order valence-corrected chi connectivity index (χ0v) is 11.1. The average molecular weight is 273 g/mol. The van der Waals surface area contributed by atoms with E-state index in [-0.39, 0.29) is 11.9 Å². The molecule has 5 heteroatoms. The van der Waals surface area contributed by atoms with Crippen molar-refractivity contribution in [2.24, 2.45) is 5.73 Å². The molecule has 2 N–H and O–H groups in total. The summed E-state index contributed by atoms with van der Waals surface area (Å²) < 4.78 is 0. The summed E-state index contributed by atoms with van der Waals surface area (Å²) in [6.07, 6.45) is 1.68. The van der Waals surface area contributed by atoms with Crippen LogP contribution in [0.2, 0.25) is 10.0 Å². The molecule has 1 aromatic rings. The van der Waals surface area contributed by atoms with Crippen LogP contribution in [0.15, 0.2) is 12.1 Å². The molecule has 0 saturated carbocycles. The zero-order chi connectivity index (χ0) is 12.6. The molecular formula is C12H14Cl2N2O. The number of hydrogen-bond acceptors (Lipinski definition) is 2. The summed E-state index contributed by atoms with van der Waals surface area (Å²) in [5.74, 6) is -0.0151. The van der Waals surface area contributed by atoms with Crippen LogP contribution < -0.4 is 10.6 Å². The van der Waals surface area contributed by atoms with Gasteiger partial charge in [-0.25, -0.2) is 0 Å². The lowest BCUT2D eigenvalue weighted by molar-refractivity contribution is -0.116. The van der Waals surface area contributed by atoms with E-state index in [1.807, 2.05) is 0 Å². The molecule has 3 nitrogen and oxygen atoms in total. The Morgan fingerprint density at radius 3 is 2.82 bits per heavy atom. The van der Waals surface area contributed by atoms with Crippen LogP contribution in [-0.4, -0.2) is 12.5 Å². The fraction of sp³-hybridized carbons (Fsp3) is 0.417. The van der Waals surface area contributed by atoms with Gasteiger partial charge in [-0.3, -0.25) is 4.79 Å². The van der Waals surface area contributed by atoms with Gasteiger partial charge in [-0.15, -0.1) is 0 Å². The van der Waals surface area contributed by atoms with Gasteiger partial charge in [0, 0.05) is 35.1 Å². The standard InChI is InChI=1S/C12H14Cl2N2O/c1-7(17)16-4-2-3-10(15)12-9(14)5-8(13)6-11(12)16/h5-6,10H,2-4,15H2,1H3. The maximum absolute atomic E-state index is 11.6. The molecule has 0 bridgehead atoms. The molecule has 1 unspecified atom stereocenters. The molecule has 92 valence electrons. The highest BCUT2D eigenvalue weighted by Gasteiger charge is 2.25. The first-order valence-electron chi connectivity index (χ1n) is 5.53. The molecule has 0 spiro atoms. The fourth-order valence-corrected chi connectivity index (χ4v) is 2.85. The minimum atomic E-state index is -0.140. The van der Waals surface area contributed by atoms with E-state index in [0.717, 1.165) is 24.1 Å². The van der Waals surface area contributed by atoms with E-state index < -0.39 is 0 Å². The molecule has 0 radical (unpaired) electrons. The second-order valence-corrected chi connectivity index (χ2v) is 5.08. The minimum Gasteiger partial charge on any atom is -0.324 e. The third kappa shape index (κ3) is 2.41. The van der Waals surface area contributed by atoms with Gasteiger partial charge < -0.3 is 10.6 Å². The lowest BCUT2D eigenvalue weighted by atomic mass is 10.0. The first kappa shape index (κ1) is 12.7. The summed E-state index contributed by atoms with van der Waals surface area (Å²) in [4.78, 5) is 13.3. The molecule has 0 aromatic heterocycles. The third-order valence-electron chi connectivity index (χ3n) is 3.01. The van der Waals surface area contributed by atoms with Gasteiger partial charge in [-0.05, 0) is 25.0 Å². The van der Waals surface area contributed by atoms with Gasteiger partial charge in [0.2, 0.25) is 5.91 Å². The average Bonchev–Trinajstić information content (AvgIpc) is 2.37. The number of anilines is 1. The van der Waals surface area contributed by atoms with E-state index in [9.17, 15) is 4.79 Å². The smallest absolute Gasteiger partial charge is 0.223 e. The van der Waals surface area contributed by atoms with E-state index in [0.29, 0.717) is 16.6 Å². The molecule has 1 aliphatic rings. The van der Waals surface area contributed by atoms with Crippen molar-refractivity contribution in [1.82, 2.24) is 0 Å². The SMILES string of the molecule is CC(=O)N1CCCC(N)c2c(Cl)cc(Cl)cc21. The number of nitrogens with zero attached hydrogens (tertiary/aromatic N) is 1. The minimum absolute atomic E-state index is 0.0151. The maximum atomic E-state index is 11.6. The van der Waals surface area contributed by atoms with Crippen molar-refractivity contribution in [3.63, 3.8) is 0 Å². The normalized spacial score (nSPS) is 19.8. The second-order valence-electron chi connectivity index (χ2n) is 4.24. The number of amides is 1. The molecule has 2 rings (SSSR count). The highest BCUT2D eigenvalue weighted by Crippen LogP contribution is 2.38. The Morgan fingerprint density at radius 2 is 2.18 bits per heavy atom. The number of halogens is 2. The van der Waals surface area contributed by atoms with E-state index in [1.54, 1.807) is 17.0 Å². The van der Waals surface area contributed by atoms with Gasteiger partial charge in [-0.1, -0.05) is 23.2 Å². The summed E-state index contributed by atoms with van der Waals surface area (Å²) in [6.45, 7) is 2.20. The molecule has 17 heavy (non-hydrogen) atoms. The molecule has 1 heterocycles. The van der Waals surface area contributed by atoms with Crippen LogP contribution in [0, 0.1) is 0 Å². The van der Waals surface area contributed by atoms with Crippen LogP contribution >= 0.6 is 23.2 Å². The highest BCUT2D eigenvalue weighted by molar-refractivity contribution is 6.35. The molecule has 1 aromatic carbocycles.